The van der Waals surface area contributed by atoms with Crippen molar-refractivity contribution in [3.8, 4) is 11.1 Å². The molecule has 0 saturated heterocycles. The summed E-state index contributed by atoms with van der Waals surface area (Å²) >= 11 is 30.0. The number of carboxylic acids is 1. The van der Waals surface area contributed by atoms with E-state index in [1.807, 2.05) is 0 Å². The van der Waals surface area contributed by atoms with Gasteiger partial charge >= 0.3 is 5.97 Å². The molecule has 0 unspecified atom stereocenters. The summed E-state index contributed by atoms with van der Waals surface area (Å²) in [7, 11) is 0. The van der Waals surface area contributed by atoms with E-state index in [9.17, 15) is 4.79 Å². The number of halogens is 5. The van der Waals surface area contributed by atoms with Gasteiger partial charge in [-0.25, -0.2) is 4.79 Å². The van der Waals surface area contributed by atoms with Crippen LogP contribution in [0.2, 0.25) is 25.1 Å². The number of carboxylic acid groups (broad SMARTS) is 1. The van der Waals surface area contributed by atoms with Crippen molar-refractivity contribution in [3.63, 3.8) is 0 Å². The van der Waals surface area contributed by atoms with E-state index in [0.29, 0.717) is 5.56 Å². The molecule has 0 saturated carbocycles. The number of rotatable bonds is 2. The SMILES string of the molecule is O=C(O)c1cncc(-c2c(Cl)c(Cl)c(Cl)c(Cl)c2Cl)c1. The Morgan fingerprint density at radius 1 is 0.900 bits per heavy atom. The zero-order valence-corrected chi connectivity index (χ0v) is 13.2. The number of aromatic carboxylic acids is 1. The number of hydrogen-bond donors (Lipinski definition) is 1. The molecule has 3 nitrogen and oxygen atoms in total. The van der Waals surface area contributed by atoms with Crippen LogP contribution in [0.3, 0.4) is 0 Å². The molecule has 0 aliphatic rings. The van der Waals surface area contributed by atoms with Crippen LogP contribution in [0.5, 0.6) is 0 Å². The second kappa shape index (κ2) is 5.96. The van der Waals surface area contributed by atoms with Gasteiger partial charge in [-0.15, -0.1) is 0 Å². The van der Waals surface area contributed by atoms with Gasteiger partial charge < -0.3 is 5.11 Å². The second-order valence-electron chi connectivity index (χ2n) is 3.71. The first-order valence-electron chi connectivity index (χ1n) is 5.04. The number of aromatic nitrogens is 1. The van der Waals surface area contributed by atoms with E-state index in [2.05, 4.69) is 4.98 Å². The van der Waals surface area contributed by atoms with Crippen molar-refractivity contribution in [1.82, 2.24) is 4.98 Å². The Balaban J connectivity index is 2.76. The fourth-order valence-electron chi connectivity index (χ4n) is 1.55. The molecule has 104 valence electrons. The molecule has 1 heterocycles. The number of nitrogens with zero attached hydrogens (tertiary/aromatic N) is 1. The largest absolute Gasteiger partial charge is 0.478 e. The molecule has 0 atom stereocenters. The average molecular weight is 371 g/mol. The Hall–Kier alpha value is -0.710. The first-order chi connectivity index (χ1) is 9.34. The summed E-state index contributed by atoms with van der Waals surface area (Å²) < 4.78 is 0. The molecular formula is C12H4Cl5NO2. The molecule has 20 heavy (non-hydrogen) atoms. The van der Waals surface area contributed by atoms with Gasteiger partial charge in [-0.3, -0.25) is 4.98 Å². The van der Waals surface area contributed by atoms with Gasteiger partial charge in [0.15, 0.2) is 0 Å². The van der Waals surface area contributed by atoms with Crippen LogP contribution in [-0.2, 0) is 0 Å². The van der Waals surface area contributed by atoms with E-state index in [0.717, 1.165) is 0 Å². The maximum atomic E-state index is 11.0. The van der Waals surface area contributed by atoms with E-state index in [1.54, 1.807) is 0 Å². The minimum Gasteiger partial charge on any atom is -0.478 e. The molecule has 2 rings (SSSR count). The summed E-state index contributed by atoms with van der Waals surface area (Å²) in [4.78, 5) is 14.8. The first-order valence-corrected chi connectivity index (χ1v) is 6.93. The Labute approximate surface area is 139 Å². The Kier molecular flexibility index (Phi) is 4.67. The van der Waals surface area contributed by atoms with Crippen LogP contribution in [0.4, 0.5) is 0 Å². The third-order valence-electron chi connectivity index (χ3n) is 2.48. The van der Waals surface area contributed by atoms with Crippen molar-refractivity contribution in [1.29, 1.82) is 0 Å². The number of hydrogen-bond acceptors (Lipinski definition) is 2. The molecular weight excluding hydrogens is 367 g/mol. The lowest BCUT2D eigenvalue weighted by molar-refractivity contribution is 0.0696. The van der Waals surface area contributed by atoms with E-state index in [4.69, 9.17) is 63.1 Å². The van der Waals surface area contributed by atoms with Gasteiger partial charge in [0, 0.05) is 23.5 Å². The van der Waals surface area contributed by atoms with Gasteiger partial charge in [-0.05, 0) is 6.07 Å². The van der Waals surface area contributed by atoms with Crippen molar-refractivity contribution in [2.75, 3.05) is 0 Å². The van der Waals surface area contributed by atoms with E-state index in [-0.39, 0.29) is 36.2 Å². The van der Waals surface area contributed by atoms with Crippen LogP contribution in [0.1, 0.15) is 10.4 Å². The highest BCUT2D eigenvalue weighted by molar-refractivity contribution is 6.56. The third kappa shape index (κ3) is 2.69. The van der Waals surface area contributed by atoms with Crippen LogP contribution in [-0.4, -0.2) is 16.1 Å². The molecule has 2 aromatic rings. The highest BCUT2D eigenvalue weighted by atomic mass is 35.5. The van der Waals surface area contributed by atoms with Crippen molar-refractivity contribution in [2.45, 2.75) is 0 Å². The molecule has 0 bridgehead atoms. The monoisotopic (exact) mass is 369 g/mol. The Morgan fingerprint density at radius 3 is 1.90 bits per heavy atom. The summed E-state index contributed by atoms with van der Waals surface area (Å²) in [5.41, 5.74) is 0.639. The molecule has 1 aromatic carbocycles. The maximum absolute atomic E-state index is 11.0. The molecule has 8 heteroatoms. The normalized spacial score (nSPS) is 10.7. The maximum Gasteiger partial charge on any atom is 0.337 e. The van der Waals surface area contributed by atoms with Crippen LogP contribution < -0.4 is 0 Å². The summed E-state index contributed by atoms with van der Waals surface area (Å²) in [6, 6.07) is 1.36. The summed E-state index contributed by atoms with van der Waals surface area (Å²) in [5, 5.41) is 9.24. The average Bonchev–Trinajstić information content (AvgIpc) is 2.43. The van der Waals surface area contributed by atoms with Crippen LogP contribution in [0.15, 0.2) is 18.5 Å². The van der Waals surface area contributed by atoms with E-state index in [1.165, 1.54) is 18.5 Å². The minimum absolute atomic E-state index is 0.0168. The fraction of sp³-hybridized carbons (Fsp3) is 0. The van der Waals surface area contributed by atoms with Crippen molar-refractivity contribution in [2.24, 2.45) is 0 Å². The van der Waals surface area contributed by atoms with Crippen LogP contribution in [0.25, 0.3) is 11.1 Å². The third-order valence-corrected chi connectivity index (χ3v) is 4.76. The fourth-order valence-corrected chi connectivity index (χ4v) is 2.91. The minimum atomic E-state index is -1.13. The smallest absolute Gasteiger partial charge is 0.337 e. The van der Waals surface area contributed by atoms with Gasteiger partial charge in [-0.2, -0.15) is 0 Å². The highest BCUT2D eigenvalue weighted by Crippen LogP contribution is 2.48. The summed E-state index contributed by atoms with van der Waals surface area (Å²) in [6.45, 7) is 0. The lowest BCUT2D eigenvalue weighted by Gasteiger charge is -2.12. The van der Waals surface area contributed by atoms with Gasteiger partial charge in [0.05, 0.1) is 30.7 Å². The van der Waals surface area contributed by atoms with Gasteiger partial charge in [0.1, 0.15) is 0 Å². The lowest BCUT2D eigenvalue weighted by atomic mass is 10.1. The number of benzene rings is 1. The zero-order chi connectivity index (χ0) is 15.0. The van der Waals surface area contributed by atoms with E-state index >= 15 is 0 Å². The quantitative estimate of drug-likeness (QED) is 0.543. The van der Waals surface area contributed by atoms with Crippen LogP contribution >= 0.6 is 58.0 Å². The van der Waals surface area contributed by atoms with Crippen molar-refractivity contribution in [3.05, 3.63) is 49.1 Å². The molecule has 0 fully saturated rings. The molecule has 1 N–H and O–H groups in total. The predicted octanol–water partition coefficient (Wildman–Crippen LogP) is 5.71. The molecule has 0 aliphatic carbocycles. The van der Waals surface area contributed by atoms with Crippen molar-refractivity contribution < 1.29 is 9.90 Å². The summed E-state index contributed by atoms with van der Waals surface area (Å²) in [6.07, 6.45) is 2.60. The number of pyridine rings is 1. The van der Waals surface area contributed by atoms with Gasteiger partial charge in [0.25, 0.3) is 0 Å². The summed E-state index contributed by atoms with van der Waals surface area (Å²) in [5.74, 6) is -1.13. The molecule has 0 amide bonds. The second-order valence-corrected chi connectivity index (χ2v) is 5.60. The van der Waals surface area contributed by atoms with E-state index < -0.39 is 5.97 Å². The highest BCUT2D eigenvalue weighted by Gasteiger charge is 2.21. The Morgan fingerprint density at radius 2 is 1.40 bits per heavy atom. The predicted molar refractivity (Wildman–Crippen MR) is 81.7 cm³/mol. The molecule has 0 spiro atoms. The van der Waals surface area contributed by atoms with Crippen LogP contribution in [0, 0.1) is 0 Å². The molecule has 0 radical (unpaired) electrons. The first kappa shape index (κ1) is 15.7. The zero-order valence-electron chi connectivity index (χ0n) is 9.42. The number of carbonyl (C=O) groups is 1. The van der Waals surface area contributed by atoms with Crippen molar-refractivity contribution >= 4 is 64.0 Å². The molecule has 0 aliphatic heterocycles. The lowest BCUT2D eigenvalue weighted by Crippen LogP contribution is -1.98. The topological polar surface area (TPSA) is 50.2 Å². The Bertz CT molecular complexity index is 688. The standard InChI is InChI=1S/C12H4Cl5NO2/c13-7-6(8(14)10(16)11(17)9(7)15)4-1-5(12(19)20)3-18-2-4/h1-3H,(H,19,20). The van der Waals surface area contributed by atoms with Gasteiger partial charge in [-0.1, -0.05) is 58.0 Å². The molecule has 1 aromatic heterocycles. The van der Waals surface area contributed by atoms with Gasteiger partial charge in [0.2, 0.25) is 0 Å².